The van der Waals surface area contributed by atoms with Crippen LogP contribution < -0.4 is 5.73 Å². The third kappa shape index (κ3) is 3.07. The Kier molecular flexibility index (Phi) is 3.82. The fraction of sp³-hybridized carbons (Fsp3) is 0.200. The lowest BCUT2D eigenvalue weighted by Gasteiger charge is -2.08. The number of hydrazone groups is 1. The van der Waals surface area contributed by atoms with E-state index < -0.39 is 5.97 Å². The summed E-state index contributed by atoms with van der Waals surface area (Å²) < 4.78 is 0. The largest absolute Gasteiger partial charge is 0.478 e. The molecule has 0 bridgehead atoms. The summed E-state index contributed by atoms with van der Waals surface area (Å²) in [5.74, 6) is -0.965. The molecule has 1 aromatic carbocycles. The zero-order valence-corrected chi connectivity index (χ0v) is 8.42. The Morgan fingerprint density at radius 2 is 2.27 bits per heavy atom. The van der Waals surface area contributed by atoms with Gasteiger partial charge in [-0.05, 0) is 6.07 Å². The van der Waals surface area contributed by atoms with Crippen molar-refractivity contribution in [2.24, 2.45) is 10.8 Å². The van der Waals surface area contributed by atoms with Crippen LogP contribution in [0.3, 0.4) is 0 Å². The zero-order valence-electron chi connectivity index (χ0n) is 8.42. The molecule has 5 heteroatoms. The highest BCUT2D eigenvalue weighted by molar-refractivity contribution is 5.98. The standard InChI is InChI=1S/C10H13N3O2/c1-13(7-11)12-6-8-4-2-3-5-9(8)10(14)15/h2-6H,7,11H2,1H3,(H,14,15)/b12-6+. The first-order chi connectivity index (χ1) is 7.15. The van der Waals surface area contributed by atoms with Gasteiger partial charge in [0.15, 0.2) is 0 Å². The average molecular weight is 207 g/mol. The van der Waals surface area contributed by atoms with Crippen LogP contribution in [0.25, 0.3) is 0 Å². The molecule has 0 aliphatic heterocycles. The smallest absolute Gasteiger partial charge is 0.336 e. The van der Waals surface area contributed by atoms with E-state index >= 15 is 0 Å². The number of benzene rings is 1. The number of hydrogen-bond acceptors (Lipinski definition) is 4. The number of rotatable bonds is 4. The summed E-state index contributed by atoms with van der Waals surface area (Å²) in [6, 6.07) is 6.66. The molecule has 0 aliphatic rings. The summed E-state index contributed by atoms with van der Waals surface area (Å²) >= 11 is 0. The maximum absolute atomic E-state index is 10.8. The van der Waals surface area contributed by atoms with Crippen molar-refractivity contribution in [1.82, 2.24) is 5.01 Å². The van der Waals surface area contributed by atoms with Crippen LogP contribution in [-0.4, -0.2) is 36.0 Å². The number of carboxylic acid groups (broad SMARTS) is 1. The lowest BCUT2D eigenvalue weighted by atomic mass is 10.1. The van der Waals surface area contributed by atoms with E-state index in [4.69, 9.17) is 10.8 Å². The van der Waals surface area contributed by atoms with Crippen molar-refractivity contribution < 1.29 is 9.90 Å². The number of carboxylic acids is 1. The molecular formula is C10H13N3O2. The Balaban J connectivity index is 2.94. The lowest BCUT2D eigenvalue weighted by Crippen LogP contribution is -2.20. The second-order valence-corrected chi connectivity index (χ2v) is 2.98. The molecule has 0 aliphatic carbocycles. The molecule has 0 spiro atoms. The summed E-state index contributed by atoms with van der Waals surface area (Å²) in [4.78, 5) is 10.8. The maximum Gasteiger partial charge on any atom is 0.336 e. The third-order valence-corrected chi connectivity index (χ3v) is 1.85. The molecule has 80 valence electrons. The van der Waals surface area contributed by atoms with Gasteiger partial charge in [-0.3, -0.25) is 5.01 Å². The minimum absolute atomic E-state index is 0.228. The molecule has 0 fully saturated rings. The zero-order chi connectivity index (χ0) is 11.3. The van der Waals surface area contributed by atoms with E-state index in [0.29, 0.717) is 5.56 Å². The van der Waals surface area contributed by atoms with Crippen molar-refractivity contribution in [3.8, 4) is 0 Å². The number of hydrogen-bond donors (Lipinski definition) is 2. The van der Waals surface area contributed by atoms with Gasteiger partial charge in [0.25, 0.3) is 0 Å². The predicted molar refractivity (Wildman–Crippen MR) is 57.8 cm³/mol. The summed E-state index contributed by atoms with van der Waals surface area (Å²) in [5.41, 5.74) is 6.12. The Labute approximate surface area is 87.8 Å². The van der Waals surface area contributed by atoms with Gasteiger partial charge in [0.05, 0.1) is 18.4 Å². The molecule has 0 saturated heterocycles. The molecule has 3 N–H and O–H groups in total. The minimum Gasteiger partial charge on any atom is -0.478 e. The van der Waals surface area contributed by atoms with Gasteiger partial charge in [-0.1, -0.05) is 18.2 Å². The molecule has 15 heavy (non-hydrogen) atoms. The molecule has 5 nitrogen and oxygen atoms in total. The van der Waals surface area contributed by atoms with Crippen molar-refractivity contribution in [2.45, 2.75) is 0 Å². The van der Waals surface area contributed by atoms with Crippen LogP contribution >= 0.6 is 0 Å². The van der Waals surface area contributed by atoms with Crippen molar-refractivity contribution in [3.05, 3.63) is 35.4 Å². The highest BCUT2D eigenvalue weighted by Crippen LogP contribution is 2.06. The Bertz CT molecular complexity index is 377. The molecule has 0 radical (unpaired) electrons. The highest BCUT2D eigenvalue weighted by atomic mass is 16.4. The van der Waals surface area contributed by atoms with Crippen LogP contribution in [0, 0.1) is 0 Å². The first-order valence-corrected chi connectivity index (χ1v) is 4.42. The number of aromatic carboxylic acids is 1. The first kappa shape index (κ1) is 11.2. The molecule has 1 rings (SSSR count). The number of carbonyl (C=O) groups is 1. The van der Waals surface area contributed by atoms with Crippen molar-refractivity contribution in [2.75, 3.05) is 13.7 Å². The number of nitrogens with zero attached hydrogens (tertiary/aromatic N) is 2. The Hall–Kier alpha value is -1.88. The lowest BCUT2D eigenvalue weighted by molar-refractivity contribution is 0.0697. The summed E-state index contributed by atoms with van der Waals surface area (Å²) in [6.45, 7) is 0.283. The van der Waals surface area contributed by atoms with Crippen LogP contribution in [0.15, 0.2) is 29.4 Å². The van der Waals surface area contributed by atoms with E-state index in [1.54, 1.807) is 25.2 Å². The second kappa shape index (κ2) is 5.11. The third-order valence-electron chi connectivity index (χ3n) is 1.85. The van der Waals surface area contributed by atoms with Crippen molar-refractivity contribution in [3.63, 3.8) is 0 Å². The van der Waals surface area contributed by atoms with Crippen LogP contribution in [0.1, 0.15) is 15.9 Å². The fourth-order valence-corrected chi connectivity index (χ4v) is 1.01. The van der Waals surface area contributed by atoms with E-state index in [1.807, 2.05) is 0 Å². The summed E-state index contributed by atoms with van der Waals surface area (Å²) in [6.07, 6.45) is 1.48. The second-order valence-electron chi connectivity index (χ2n) is 2.98. The van der Waals surface area contributed by atoms with Crippen LogP contribution in [-0.2, 0) is 0 Å². The topological polar surface area (TPSA) is 78.9 Å². The van der Waals surface area contributed by atoms with E-state index in [2.05, 4.69) is 5.10 Å². The van der Waals surface area contributed by atoms with Gasteiger partial charge in [-0.15, -0.1) is 0 Å². The first-order valence-electron chi connectivity index (χ1n) is 4.42. The van der Waals surface area contributed by atoms with Gasteiger partial charge in [-0.2, -0.15) is 5.10 Å². The molecule has 0 aromatic heterocycles. The number of nitrogens with two attached hydrogens (primary N) is 1. The average Bonchev–Trinajstić information content (AvgIpc) is 2.26. The molecular weight excluding hydrogens is 194 g/mol. The SMILES string of the molecule is CN(CN)/N=C/c1ccccc1C(=O)O. The molecule has 1 aromatic rings. The van der Waals surface area contributed by atoms with Crippen molar-refractivity contribution in [1.29, 1.82) is 0 Å². The fourth-order valence-electron chi connectivity index (χ4n) is 1.01. The Morgan fingerprint density at radius 3 is 2.87 bits per heavy atom. The van der Waals surface area contributed by atoms with E-state index in [0.717, 1.165) is 0 Å². The van der Waals surface area contributed by atoms with Gasteiger partial charge in [0.2, 0.25) is 0 Å². The van der Waals surface area contributed by atoms with Crippen molar-refractivity contribution >= 4 is 12.2 Å². The maximum atomic E-state index is 10.8. The van der Waals surface area contributed by atoms with Gasteiger partial charge >= 0.3 is 5.97 Å². The van der Waals surface area contributed by atoms with Gasteiger partial charge in [-0.25, -0.2) is 4.79 Å². The molecule has 0 atom stereocenters. The molecule has 0 unspecified atom stereocenters. The monoisotopic (exact) mass is 207 g/mol. The minimum atomic E-state index is -0.965. The van der Waals surface area contributed by atoms with Gasteiger partial charge in [0, 0.05) is 12.6 Å². The van der Waals surface area contributed by atoms with Crippen LogP contribution in [0.2, 0.25) is 0 Å². The highest BCUT2D eigenvalue weighted by Gasteiger charge is 2.06. The normalized spacial score (nSPS) is 10.5. The van der Waals surface area contributed by atoms with Crippen LogP contribution in [0.5, 0.6) is 0 Å². The quantitative estimate of drug-likeness (QED) is 0.429. The molecule has 0 amide bonds. The summed E-state index contributed by atoms with van der Waals surface area (Å²) in [7, 11) is 1.71. The van der Waals surface area contributed by atoms with Gasteiger partial charge in [0.1, 0.15) is 0 Å². The summed E-state index contributed by atoms with van der Waals surface area (Å²) in [5, 5.41) is 14.4. The van der Waals surface area contributed by atoms with Gasteiger partial charge < -0.3 is 10.8 Å². The van der Waals surface area contributed by atoms with E-state index in [9.17, 15) is 4.79 Å². The molecule has 0 heterocycles. The van der Waals surface area contributed by atoms with E-state index in [1.165, 1.54) is 17.3 Å². The van der Waals surface area contributed by atoms with Crippen LogP contribution in [0.4, 0.5) is 0 Å². The predicted octanol–water partition coefficient (Wildman–Crippen LogP) is 0.567. The Morgan fingerprint density at radius 1 is 1.60 bits per heavy atom. The molecule has 0 saturated carbocycles. The van der Waals surface area contributed by atoms with E-state index in [-0.39, 0.29) is 12.2 Å².